The van der Waals surface area contributed by atoms with Crippen molar-refractivity contribution in [1.82, 2.24) is 0 Å². The van der Waals surface area contributed by atoms with Gasteiger partial charge in [0.05, 0.1) is 11.4 Å². The highest BCUT2D eigenvalue weighted by Gasteiger charge is 2.08. The molecule has 0 spiro atoms. The van der Waals surface area contributed by atoms with E-state index in [0.717, 1.165) is 44.0 Å². The summed E-state index contributed by atoms with van der Waals surface area (Å²) in [6.45, 7) is 0. The Kier molecular flexibility index (Phi) is 10.0. The number of rotatable bonds is 9. The monoisotopic (exact) mass is 546 g/mol. The summed E-state index contributed by atoms with van der Waals surface area (Å²) in [6.07, 6.45) is 0. The molecule has 0 bridgehead atoms. The van der Waals surface area contributed by atoms with Gasteiger partial charge in [0.25, 0.3) is 0 Å². The molecular weight excluding hydrogens is 521 g/mol. The Morgan fingerprint density at radius 1 is 0.472 bits per heavy atom. The van der Waals surface area contributed by atoms with Crippen molar-refractivity contribution in [2.45, 2.75) is 9.79 Å². The fourth-order valence-electron chi connectivity index (χ4n) is 3.31. The first-order valence-corrected chi connectivity index (χ1v) is 14.2. The zero-order valence-electron chi connectivity index (χ0n) is 19.4. The first-order chi connectivity index (χ1) is 17.7. The molecule has 4 aromatic carbocycles. The van der Waals surface area contributed by atoms with Crippen LogP contribution in [-0.4, -0.2) is 21.7 Å². The van der Waals surface area contributed by atoms with E-state index in [4.69, 9.17) is 24.4 Å². The van der Waals surface area contributed by atoms with E-state index in [1.807, 2.05) is 97.1 Å². The molecule has 0 aliphatic carbocycles. The molecule has 0 aliphatic heterocycles. The van der Waals surface area contributed by atoms with Crippen molar-refractivity contribution in [2.75, 3.05) is 32.8 Å². The van der Waals surface area contributed by atoms with Gasteiger partial charge in [-0.2, -0.15) is 0 Å². The summed E-state index contributed by atoms with van der Waals surface area (Å²) in [7, 11) is 0. The van der Waals surface area contributed by atoms with Crippen LogP contribution in [0.4, 0.5) is 22.7 Å². The highest BCUT2D eigenvalue weighted by Crippen LogP contribution is 2.31. The Balaban J connectivity index is 1.28. The minimum atomic E-state index is 0.573. The number of benzene rings is 4. The summed E-state index contributed by atoms with van der Waals surface area (Å²) in [4.78, 5) is 2.32. The molecule has 0 unspecified atom stereocenters. The van der Waals surface area contributed by atoms with Crippen LogP contribution in [0.15, 0.2) is 119 Å². The minimum absolute atomic E-state index is 0.573. The van der Waals surface area contributed by atoms with E-state index in [-0.39, 0.29) is 0 Å². The number of anilines is 4. The van der Waals surface area contributed by atoms with Crippen LogP contribution in [-0.2, 0) is 0 Å². The molecule has 0 fully saturated rings. The molecule has 4 N–H and O–H groups in total. The molecule has 36 heavy (non-hydrogen) atoms. The topological polar surface area (TPSA) is 48.1 Å². The Morgan fingerprint density at radius 3 is 1.25 bits per heavy atom. The lowest BCUT2D eigenvalue weighted by Gasteiger charge is -2.15. The van der Waals surface area contributed by atoms with Gasteiger partial charge >= 0.3 is 0 Å². The number of thiocarbonyl (C=S) groups is 2. The van der Waals surface area contributed by atoms with Crippen molar-refractivity contribution in [3.05, 3.63) is 109 Å². The lowest BCUT2D eigenvalue weighted by atomic mass is 10.3. The van der Waals surface area contributed by atoms with Crippen molar-refractivity contribution < 1.29 is 0 Å². The molecule has 0 heterocycles. The van der Waals surface area contributed by atoms with E-state index < -0.39 is 0 Å². The van der Waals surface area contributed by atoms with Gasteiger partial charge in [-0.3, -0.25) is 0 Å². The van der Waals surface area contributed by atoms with Crippen LogP contribution >= 0.6 is 48.0 Å². The van der Waals surface area contributed by atoms with Crippen LogP contribution in [0.5, 0.6) is 0 Å². The lowest BCUT2D eigenvalue weighted by molar-refractivity contribution is 1.40. The summed E-state index contributed by atoms with van der Waals surface area (Å²) in [5, 5.41) is 14.3. The number of hydrogen-bond acceptors (Lipinski definition) is 4. The molecule has 0 aromatic heterocycles. The first-order valence-electron chi connectivity index (χ1n) is 11.4. The normalized spacial score (nSPS) is 10.3. The predicted molar refractivity (Wildman–Crippen MR) is 167 cm³/mol. The van der Waals surface area contributed by atoms with Crippen LogP contribution < -0.4 is 21.3 Å². The predicted octanol–water partition coefficient (Wildman–Crippen LogP) is 8.19. The molecule has 182 valence electrons. The van der Waals surface area contributed by atoms with Gasteiger partial charge in [0.1, 0.15) is 0 Å². The van der Waals surface area contributed by atoms with Crippen molar-refractivity contribution in [2.24, 2.45) is 0 Å². The van der Waals surface area contributed by atoms with Crippen LogP contribution in [0.3, 0.4) is 0 Å². The Bertz CT molecular complexity index is 1180. The first kappa shape index (κ1) is 26.0. The summed E-state index contributed by atoms with van der Waals surface area (Å²) in [5.74, 6) is 1.90. The quantitative estimate of drug-likeness (QED) is 0.0952. The molecule has 0 saturated heterocycles. The third kappa shape index (κ3) is 8.27. The van der Waals surface area contributed by atoms with Crippen LogP contribution in [0.1, 0.15) is 0 Å². The Hall–Kier alpha value is -3.04. The second kappa shape index (κ2) is 13.9. The van der Waals surface area contributed by atoms with Gasteiger partial charge in [-0.25, -0.2) is 0 Å². The maximum Gasteiger partial charge on any atom is 0.175 e. The molecule has 4 aromatic rings. The van der Waals surface area contributed by atoms with E-state index in [1.165, 1.54) is 0 Å². The highest BCUT2D eigenvalue weighted by molar-refractivity contribution is 8.03. The van der Waals surface area contributed by atoms with Gasteiger partial charge in [-0.15, -0.1) is 23.5 Å². The van der Waals surface area contributed by atoms with Gasteiger partial charge in [0.2, 0.25) is 0 Å². The summed E-state index contributed by atoms with van der Waals surface area (Å²) >= 11 is 14.6. The van der Waals surface area contributed by atoms with Crippen LogP contribution in [0.2, 0.25) is 0 Å². The van der Waals surface area contributed by atoms with Gasteiger partial charge in [-0.05, 0) is 73.0 Å². The maximum atomic E-state index is 5.51. The smallest absolute Gasteiger partial charge is 0.175 e. The zero-order valence-corrected chi connectivity index (χ0v) is 22.7. The standard InChI is InChI=1S/C28H26N4S4/c33-27(29-21-11-3-1-4-12-21)31-23-15-7-9-17-25(23)35-19-20-36-26-18-10-8-16-24(26)32-28(34)30-22-13-5-2-6-14-22/h1-18H,19-20H2,(H2,29,31,33)(H2,30,32,34). The fourth-order valence-corrected chi connectivity index (χ4v) is 5.77. The number of nitrogens with one attached hydrogen (secondary N) is 4. The maximum absolute atomic E-state index is 5.51. The SMILES string of the molecule is S=C(Nc1ccccc1)Nc1ccccc1SCCSc1ccccc1NC(=S)Nc1ccccc1. The van der Waals surface area contributed by atoms with E-state index in [0.29, 0.717) is 10.2 Å². The average Bonchev–Trinajstić information content (AvgIpc) is 2.89. The summed E-state index contributed by atoms with van der Waals surface area (Å²) in [5.41, 5.74) is 3.92. The molecule has 0 saturated carbocycles. The molecule has 0 radical (unpaired) electrons. The number of para-hydroxylation sites is 4. The molecular formula is C28H26N4S4. The minimum Gasteiger partial charge on any atom is -0.332 e. The van der Waals surface area contributed by atoms with Crippen molar-refractivity contribution >= 4 is 80.9 Å². The van der Waals surface area contributed by atoms with E-state index >= 15 is 0 Å². The van der Waals surface area contributed by atoms with Gasteiger partial charge < -0.3 is 21.3 Å². The summed E-state index contributed by atoms with van der Waals surface area (Å²) < 4.78 is 0. The second-order valence-corrected chi connectivity index (χ2v) is 10.7. The van der Waals surface area contributed by atoms with Crippen LogP contribution in [0, 0.1) is 0 Å². The molecule has 0 atom stereocenters. The third-order valence-electron chi connectivity index (χ3n) is 4.93. The summed E-state index contributed by atoms with van der Waals surface area (Å²) in [6, 6.07) is 36.3. The zero-order chi connectivity index (χ0) is 25.0. The average molecular weight is 547 g/mol. The molecule has 0 aliphatic rings. The molecule has 8 heteroatoms. The van der Waals surface area contributed by atoms with E-state index in [9.17, 15) is 0 Å². The molecule has 4 rings (SSSR count). The fraction of sp³-hybridized carbons (Fsp3) is 0.0714. The second-order valence-electron chi connectivity index (χ2n) is 7.58. The Labute approximate surface area is 231 Å². The highest BCUT2D eigenvalue weighted by atomic mass is 32.2. The van der Waals surface area contributed by atoms with E-state index in [1.54, 1.807) is 23.5 Å². The number of thioether (sulfide) groups is 2. The van der Waals surface area contributed by atoms with Crippen molar-refractivity contribution in [1.29, 1.82) is 0 Å². The lowest BCUT2D eigenvalue weighted by Crippen LogP contribution is -2.19. The largest absolute Gasteiger partial charge is 0.332 e. The number of hydrogen-bond donors (Lipinski definition) is 4. The van der Waals surface area contributed by atoms with E-state index in [2.05, 4.69) is 33.4 Å². The molecule has 4 nitrogen and oxygen atoms in total. The molecule has 0 amide bonds. The Morgan fingerprint density at radius 2 is 0.833 bits per heavy atom. The van der Waals surface area contributed by atoms with Gasteiger partial charge in [0.15, 0.2) is 10.2 Å². The van der Waals surface area contributed by atoms with Gasteiger partial charge in [-0.1, -0.05) is 60.7 Å². The van der Waals surface area contributed by atoms with Gasteiger partial charge in [0, 0.05) is 32.7 Å². The van der Waals surface area contributed by atoms with Crippen LogP contribution in [0.25, 0.3) is 0 Å². The third-order valence-corrected chi connectivity index (χ3v) is 7.75. The van der Waals surface area contributed by atoms with Crippen molar-refractivity contribution in [3.8, 4) is 0 Å². The van der Waals surface area contributed by atoms with Crippen molar-refractivity contribution in [3.63, 3.8) is 0 Å².